The average molecular weight is 317 g/mol. The van der Waals surface area contributed by atoms with Gasteiger partial charge in [-0.15, -0.1) is 0 Å². The summed E-state index contributed by atoms with van der Waals surface area (Å²) >= 11 is 0. The molecule has 0 spiro atoms. The molecule has 1 saturated heterocycles. The molecule has 1 aliphatic rings. The molecule has 0 aliphatic carbocycles. The van der Waals surface area contributed by atoms with Crippen LogP contribution >= 0.6 is 0 Å². The monoisotopic (exact) mass is 317 g/mol. The fourth-order valence-corrected chi connectivity index (χ4v) is 1.98. The van der Waals surface area contributed by atoms with Gasteiger partial charge in [-0.25, -0.2) is 13.6 Å². The zero-order valence-corrected chi connectivity index (χ0v) is 11.6. The lowest BCUT2D eigenvalue weighted by Gasteiger charge is -2.11. The highest BCUT2D eigenvalue weighted by Gasteiger charge is 2.19. The predicted octanol–water partition coefficient (Wildman–Crippen LogP) is 1.30. The first-order valence-electron chi connectivity index (χ1n) is 6.62. The predicted molar refractivity (Wildman–Crippen MR) is 72.2 cm³/mol. The fraction of sp³-hybridized carbons (Fsp3) is 0.429. The first kappa shape index (κ1) is 18.0. The van der Waals surface area contributed by atoms with Crippen LogP contribution in [-0.4, -0.2) is 39.9 Å². The van der Waals surface area contributed by atoms with E-state index >= 15 is 0 Å². The Morgan fingerprint density at radius 2 is 2.00 bits per heavy atom. The molecule has 0 aromatic heterocycles. The van der Waals surface area contributed by atoms with Crippen LogP contribution in [0, 0.1) is 11.6 Å². The number of carboxylic acids is 2. The summed E-state index contributed by atoms with van der Waals surface area (Å²) in [6.07, 6.45) is -0.626. The summed E-state index contributed by atoms with van der Waals surface area (Å²) < 4.78 is 26.0. The van der Waals surface area contributed by atoms with Crippen molar-refractivity contribution < 1.29 is 33.7 Å². The summed E-state index contributed by atoms with van der Waals surface area (Å²) in [5.41, 5.74) is 0.456. The Labute approximate surface area is 125 Å². The van der Waals surface area contributed by atoms with Crippen LogP contribution in [0.2, 0.25) is 0 Å². The summed E-state index contributed by atoms with van der Waals surface area (Å²) in [6, 6.07) is 3.60. The molecule has 0 bridgehead atoms. The maximum atomic E-state index is 13.2. The van der Waals surface area contributed by atoms with Crippen LogP contribution in [-0.2, 0) is 9.59 Å². The largest absolute Gasteiger partial charge is 0.481 e. The standard InChI is InChI=1S/C10H11F2N.C4H6O5/c11-7-3-4-9(12)8(6-7)10-2-1-5-13-10;5-2(4(8)9)1-3(6)7/h3-4,6,10,13H,1-2,5H2;2,5H,1H2,(H,6,7)(H,8,9)/t;2-/m.1/s1. The molecular weight excluding hydrogens is 300 g/mol. The van der Waals surface area contributed by atoms with Gasteiger partial charge in [0.15, 0.2) is 6.10 Å². The maximum Gasteiger partial charge on any atom is 0.333 e. The van der Waals surface area contributed by atoms with Crippen molar-refractivity contribution in [3.05, 3.63) is 35.4 Å². The molecule has 0 radical (unpaired) electrons. The zero-order valence-electron chi connectivity index (χ0n) is 11.6. The number of carbonyl (C=O) groups is 2. The van der Waals surface area contributed by atoms with Gasteiger partial charge in [-0.2, -0.15) is 0 Å². The highest BCUT2D eigenvalue weighted by Crippen LogP contribution is 2.25. The number of aliphatic hydroxyl groups excluding tert-OH is 1. The van der Waals surface area contributed by atoms with E-state index in [2.05, 4.69) is 5.32 Å². The van der Waals surface area contributed by atoms with Crippen molar-refractivity contribution in [3.63, 3.8) is 0 Å². The van der Waals surface area contributed by atoms with Gasteiger partial charge >= 0.3 is 11.9 Å². The van der Waals surface area contributed by atoms with Gasteiger partial charge in [0.25, 0.3) is 0 Å². The lowest BCUT2D eigenvalue weighted by molar-refractivity contribution is -0.152. The third kappa shape index (κ3) is 5.74. The molecule has 2 rings (SSSR count). The molecule has 1 fully saturated rings. The number of hydrogen-bond acceptors (Lipinski definition) is 4. The van der Waals surface area contributed by atoms with Crippen LogP contribution in [0.15, 0.2) is 18.2 Å². The first-order valence-corrected chi connectivity index (χ1v) is 6.62. The Bertz CT molecular complexity index is 532. The van der Waals surface area contributed by atoms with Gasteiger partial charge < -0.3 is 20.6 Å². The normalized spacial score (nSPS) is 18.2. The van der Waals surface area contributed by atoms with E-state index < -0.39 is 24.5 Å². The Balaban J connectivity index is 0.000000239. The lowest BCUT2D eigenvalue weighted by Crippen LogP contribution is -2.22. The van der Waals surface area contributed by atoms with Crippen LogP contribution in [0.5, 0.6) is 0 Å². The van der Waals surface area contributed by atoms with E-state index in [0.29, 0.717) is 5.56 Å². The molecular formula is C14H17F2NO5. The molecule has 0 saturated carbocycles. The van der Waals surface area contributed by atoms with E-state index in [-0.39, 0.29) is 17.7 Å². The number of carboxylic acid groups (broad SMARTS) is 2. The third-order valence-electron chi connectivity index (χ3n) is 3.05. The summed E-state index contributed by atoms with van der Waals surface area (Å²) in [5.74, 6) is -3.53. The molecule has 0 amide bonds. The fourth-order valence-electron chi connectivity index (χ4n) is 1.98. The topological polar surface area (TPSA) is 107 Å². The number of nitrogens with one attached hydrogen (secondary N) is 1. The number of rotatable bonds is 4. The van der Waals surface area contributed by atoms with Gasteiger partial charge in [0.1, 0.15) is 11.6 Å². The Kier molecular flexibility index (Phi) is 6.87. The second-order valence-electron chi connectivity index (χ2n) is 4.77. The first-order chi connectivity index (χ1) is 10.3. The SMILES string of the molecule is Fc1ccc(F)c(C2CCCN2)c1.O=C(O)C[C@@H](O)C(=O)O. The van der Waals surface area contributed by atoms with Crippen LogP contribution < -0.4 is 5.32 Å². The van der Waals surface area contributed by atoms with Gasteiger partial charge in [0.05, 0.1) is 6.42 Å². The van der Waals surface area contributed by atoms with Gasteiger partial charge in [0.2, 0.25) is 0 Å². The molecule has 6 nitrogen and oxygen atoms in total. The molecule has 1 aliphatic heterocycles. The highest BCUT2D eigenvalue weighted by atomic mass is 19.1. The van der Waals surface area contributed by atoms with E-state index in [9.17, 15) is 18.4 Å². The van der Waals surface area contributed by atoms with Crippen molar-refractivity contribution in [2.75, 3.05) is 6.54 Å². The van der Waals surface area contributed by atoms with Crippen molar-refractivity contribution >= 4 is 11.9 Å². The molecule has 122 valence electrons. The molecule has 1 aromatic rings. The second-order valence-corrected chi connectivity index (χ2v) is 4.77. The molecule has 1 unspecified atom stereocenters. The van der Waals surface area contributed by atoms with Crippen molar-refractivity contribution in [2.24, 2.45) is 0 Å². The van der Waals surface area contributed by atoms with Crippen molar-refractivity contribution in [2.45, 2.75) is 31.4 Å². The quantitative estimate of drug-likeness (QED) is 0.667. The van der Waals surface area contributed by atoms with Crippen LogP contribution in [0.3, 0.4) is 0 Å². The summed E-state index contributed by atoms with van der Waals surface area (Å²) in [7, 11) is 0. The second kappa shape index (κ2) is 8.40. The summed E-state index contributed by atoms with van der Waals surface area (Å²) in [4.78, 5) is 19.4. The minimum absolute atomic E-state index is 0.00398. The van der Waals surface area contributed by atoms with Crippen molar-refractivity contribution in [1.82, 2.24) is 5.32 Å². The van der Waals surface area contributed by atoms with Crippen molar-refractivity contribution in [1.29, 1.82) is 0 Å². The van der Waals surface area contributed by atoms with Gasteiger partial charge in [0, 0.05) is 11.6 Å². The number of halogens is 2. The van der Waals surface area contributed by atoms with Crippen LogP contribution in [0.1, 0.15) is 30.9 Å². The van der Waals surface area contributed by atoms with E-state index in [1.54, 1.807) is 0 Å². The Hall–Kier alpha value is -2.06. The number of benzene rings is 1. The summed E-state index contributed by atoms with van der Waals surface area (Å²) in [5, 5.41) is 27.3. The summed E-state index contributed by atoms with van der Waals surface area (Å²) in [6.45, 7) is 0.890. The number of aliphatic carboxylic acids is 2. The van der Waals surface area contributed by atoms with Crippen LogP contribution in [0.4, 0.5) is 8.78 Å². The number of hydrogen-bond donors (Lipinski definition) is 4. The van der Waals surface area contributed by atoms with E-state index in [0.717, 1.165) is 25.5 Å². The van der Waals surface area contributed by atoms with Crippen molar-refractivity contribution in [3.8, 4) is 0 Å². The molecule has 1 aromatic carbocycles. The zero-order chi connectivity index (χ0) is 16.7. The smallest absolute Gasteiger partial charge is 0.333 e. The van der Waals surface area contributed by atoms with Gasteiger partial charge in [-0.1, -0.05) is 0 Å². The van der Waals surface area contributed by atoms with E-state index in [1.165, 1.54) is 12.1 Å². The van der Waals surface area contributed by atoms with E-state index in [1.807, 2.05) is 0 Å². The third-order valence-corrected chi connectivity index (χ3v) is 3.05. The Morgan fingerprint density at radius 3 is 2.45 bits per heavy atom. The van der Waals surface area contributed by atoms with Crippen LogP contribution in [0.25, 0.3) is 0 Å². The van der Waals surface area contributed by atoms with Gasteiger partial charge in [-0.05, 0) is 37.6 Å². The van der Waals surface area contributed by atoms with E-state index in [4.69, 9.17) is 15.3 Å². The minimum Gasteiger partial charge on any atom is -0.481 e. The molecule has 4 N–H and O–H groups in total. The molecule has 1 heterocycles. The lowest BCUT2D eigenvalue weighted by atomic mass is 10.0. The minimum atomic E-state index is -1.79. The maximum absolute atomic E-state index is 13.2. The Morgan fingerprint density at radius 1 is 1.32 bits per heavy atom. The number of aliphatic hydroxyl groups is 1. The average Bonchev–Trinajstić information content (AvgIpc) is 2.95. The van der Waals surface area contributed by atoms with Gasteiger partial charge in [-0.3, -0.25) is 4.79 Å². The molecule has 2 atom stereocenters. The molecule has 8 heteroatoms. The highest BCUT2D eigenvalue weighted by molar-refractivity contribution is 5.79. The molecule has 22 heavy (non-hydrogen) atoms.